The van der Waals surface area contributed by atoms with Gasteiger partial charge in [-0.2, -0.15) is 5.10 Å². The molecule has 2 aromatic rings. The second-order valence-corrected chi connectivity index (χ2v) is 6.81. The molecule has 128 valence electrons. The number of hydrogen-bond donors (Lipinski definition) is 1. The number of nitrogens with one attached hydrogen (secondary N) is 1. The Bertz CT molecular complexity index is 721. The van der Waals surface area contributed by atoms with Crippen molar-refractivity contribution in [3.05, 3.63) is 52.8 Å². The van der Waals surface area contributed by atoms with Crippen molar-refractivity contribution < 1.29 is 4.79 Å². The highest BCUT2D eigenvalue weighted by atomic mass is 35.5. The van der Waals surface area contributed by atoms with E-state index in [1.54, 1.807) is 10.9 Å². The van der Waals surface area contributed by atoms with Gasteiger partial charge in [-0.25, -0.2) is 0 Å². The lowest BCUT2D eigenvalue weighted by Crippen LogP contribution is -2.31. The third kappa shape index (κ3) is 3.29. The molecule has 2 aliphatic heterocycles. The molecule has 0 radical (unpaired) electrons. The molecule has 5 nitrogen and oxygen atoms in total. The zero-order valence-electron chi connectivity index (χ0n) is 13.2. The first-order valence-corrected chi connectivity index (χ1v) is 8.34. The summed E-state index contributed by atoms with van der Waals surface area (Å²) in [5.41, 5.74) is 1.66. The maximum atomic E-state index is 12.6. The van der Waals surface area contributed by atoms with Crippen LogP contribution in [0.5, 0.6) is 0 Å². The third-order valence-electron chi connectivity index (χ3n) is 4.85. The van der Waals surface area contributed by atoms with E-state index in [1.165, 1.54) is 0 Å². The van der Waals surface area contributed by atoms with Crippen LogP contribution in [0.3, 0.4) is 0 Å². The molecule has 2 saturated heterocycles. The largest absolute Gasteiger partial charge is 0.338 e. The zero-order chi connectivity index (χ0) is 15.8. The van der Waals surface area contributed by atoms with Crippen molar-refractivity contribution in [3.63, 3.8) is 0 Å². The zero-order valence-corrected chi connectivity index (χ0v) is 14.8. The molecule has 1 N–H and O–H groups in total. The Labute approximate surface area is 152 Å². The number of nitrogens with zero attached hydrogens (tertiary/aromatic N) is 3. The molecular weight excluding hydrogens is 347 g/mol. The fourth-order valence-corrected chi connectivity index (χ4v) is 3.76. The molecule has 1 aromatic carbocycles. The average Bonchev–Trinajstić information content (AvgIpc) is 3.24. The van der Waals surface area contributed by atoms with Crippen molar-refractivity contribution in [1.29, 1.82) is 0 Å². The summed E-state index contributed by atoms with van der Waals surface area (Å²) in [4.78, 5) is 14.6. The monoisotopic (exact) mass is 366 g/mol. The van der Waals surface area contributed by atoms with Crippen molar-refractivity contribution in [2.45, 2.75) is 6.54 Å². The molecule has 4 rings (SSSR count). The summed E-state index contributed by atoms with van der Waals surface area (Å²) in [6.45, 7) is 4.33. The van der Waals surface area contributed by atoms with Gasteiger partial charge in [-0.3, -0.25) is 9.48 Å². The van der Waals surface area contributed by atoms with E-state index in [0.29, 0.717) is 23.9 Å². The minimum Gasteiger partial charge on any atom is -0.338 e. The lowest BCUT2D eigenvalue weighted by Gasteiger charge is -2.16. The number of amides is 1. The number of carbonyl (C=O) groups excluding carboxylic acids is 1. The van der Waals surface area contributed by atoms with Gasteiger partial charge < -0.3 is 10.2 Å². The summed E-state index contributed by atoms with van der Waals surface area (Å²) in [7, 11) is 0. The number of likely N-dealkylation sites (tertiary alicyclic amines) is 1. The van der Waals surface area contributed by atoms with E-state index in [4.69, 9.17) is 11.6 Å². The molecule has 2 aliphatic rings. The number of halogens is 2. The minimum absolute atomic E-state index is 0. The normalized spacial score (nSPS) is 22.3. The highest BCUT2D eigenvalue weighted by Crippen LogP contribution is 2.27. The van der Waals surface area contributed by atoms with E-state index in [9.17, 15) is 4.79 Å². The molecule has 2 atom stereocenters. The van der Waals surface area contributed by atoms with Crippen LogP contribution in [-0.2, 0) is 6.54 Å². The number of fused-ring (bicyclic) bond motifs is 1. The van der Waals surface area contributed by atoms with Gasteiger partial charge in [-0.1, -0.05) is 29.8 Å². The van der Waals surface area contributed by atoms with Gasteiger partial charge in [0.2, 0.25) is 0 Å². The molecule has 0 bridgehead atoms. The maximum absolute atomic E-state index is 12.6. The number of benzene rings is 1. The Balaban J connectivity index is 0.00000169. The highest BCUT2D eigenvalue weighted by molar-refractivity contribution is 6.31. The third-order valence-corrected chi connectivity index (χ3v) is 5.22. The minimum atomic E-state index is 0. The number of hydrogen-bond acceptors (Lipinski definition) is 3. The Kier molecular flexibility index (Phi) is 5.13. The van der Waals surface area contributed by atoms with Gasteiger partial charge in [-0.05, 0) is 23.5 Å². The van der Waals surface area contributed by atoms with E-state index in [1.807, 2.05) is 35.4 Å². The predicted molar refractivity (Wildman–Crippen MR) is 95.8 cm³/mol. The maximum Gasteiger partial charge on any atom is 0.257 e. The Morgan fingerprint density at radius 2 is 1.96 bits per heavy atom. The van der Waals surface area contributed by atoms with Crippen LogP contribution in [0, 0.1) is 11.8 Å². The van der Waals surface area contributed by atoms with Crippen LogP contribution in [0.2, 0.25) is 5.02 Å². The fraction of sp³-hybridized carbons (Fsp3) is 0.412. The first-order chi connectivity index (χ1) is 11.2. The van der Waals surface area contributed by atoms with Gasteiger partial charge >= 0.3 is 0 Å². The molecule has 7 heteroatoms. The molecule has 3 heterocycles. The van der Waals surface area contributed by atoms with Crippen LogP contribution in [0.4, 0.5) is 0 Å². The Hall–Kier alpha value is -1.56. The van der Waals surface area contributed by atoms with E-state index in [0.717, 1.165) is 36.8 Å². The van der Waals surface area contributed by atoms with E-state index in [2.05, 4.69) is 10.4 Å². The Morgan fingerprint density at radius 1 is 1.25 bits per heavy atom. The summed E-state index contributed by atoms with van der Waals surface area (Å²) in [5, 5.41) is 8.43. The van der Waals surface area contributed by atoms with Crippen LogP contribution in [0.15, 0.2) is 36.7 Å². The SMILES string of the molecule is Cl.O=C(c1cnn(Cc2ccccc2Cl)c1)N1C[C@H]2CNC[C@H]2C1. The first-order valence-electron chi connectivity index (χ1n) is 7.96. The molecule has 24 heavy (non-hydrogen) atoms. The quantitative estimate of drug-likeness (QED) is 0.906. The topological polar surface area (TPSA) is 50.2 Å². The van der Waals surface area contributed by atoms with Crippen LogP contribution >= 0.6 is 24.0 Å². The smallest absolute Gasteiger partial charge is 0.257 e. The van der Waals surface area contributed by atoms with E-state index in [-0.39, 0.29) is 18.3 Å². The molecule has 0 unspecified atom stereocenters. The van der Waals surface area contributed by atoms with Crippen molar-refractivity contribution in [2.75, 3.05) is 26.2 Å². The van der Waals surface area contributed by atoms with Crippen LogP contribution < -0.4 is 5.32 Å². The molecule has 0 saturated carbocycles. The second-order valence-electron chi connectivity index (χ2n) is 6.41. The summed E-state index contributed by atoms with van der Waals surface area (Å²) < 4.78 is 1.77. The number of aromatic nitrogens is 2. The molecule has 1 aromatic heterocycles. The van der Waals surface area contributed by atoms with Crippen LogP contribution in [0.25, 0.3) is 0 Å². The first kappa shape index (κ1) is 17.3. The van der Waals surface area contributed by atoms with Gasteiger partial charge in [0.15, 0.2) is 0 Å². The van der Waals surface area contributed by atoms with Gasteiger partial charge in [0.05, 0.1) is 18.3 Å². The van der Waals surface area contributed by atoms with Crippen molar-refractivity contribution >= 4 is 29.9 Å². The molecule has 0 spiro atoms. The summed E-state index contributed by atoms with van der Waals surface area (Å²) >= 11 is 6.18. The standard InChI is InChI=1S/C17H19ClN4O.ClH/c18-16-4-2-1-3-12(16)10-22-11-15(7-20-22)17(23)21-8-13-5-19-6-14(13)9-21;/h1-4,7,11,13-14,19H,5-6,8-10H2;1H/t13-,14+;. The summed E-state index contributed by atoms with van der Waals surface area (Å²) in [5.74, 6) is 1.30. The summed E-state index contributed by atoms with van der Waals surface area (Å²) in [6, 6.07) is 7.69. The molecule has 0 aliphatic carbocycles. The van der Waals surface area contributed by atoms with Crippen LogP contribution in [0.1, 0.15) is 15.9 Å². The Morgan fingerprint density at radius 3 is 2.67 bits per heavy atom. The lowest BCUT2D eigenvalue weighted by molar-refractivity contribution is 0.0781. The predicted octanol–water partition coefficient (Wildman–Crippen LogP) is 2.30. The molecular formula is C17H20Cl2N4O. The molecule has 1 amide bonds. The van der Waals surface area contributed by atoms with Gasteiger partial charge in [0.25, 0.3) is 5.91 Å². The van der Waals surface area contributed by atoms with Crippen molar-refractivity contribution in [1.82, 2.24) is 20.0 Å². The van der Waals surface area contributed by atoms with Crippen molar-refractivity contribution in [3.8, 4) is 0 Å². The van der Waals surface area contributed by atoms with Crippen molar-refractivity contribution in [2.24, 2.45) is 11.8 Å². The fourth-order valence-electron chi connectivity index (χ4n) is 3.57. The van der Waals surface area contributed by atoms with Gasteiger partial charge in [0.1, 0.15) is 0 Å². The summed E-state index contributed by atoms with van der Waals surface area (Å²) in [6.07, 6.45) is 3.48. The van der Waals surface area contributed by atoms with E-state index >= 15 is 0 Å². The average molecular weight is 367 g/mol. The second kappa shape index (κ2) is 7.13. The number of carbonyl (C=O) groups is 1. The van der Waals surface area contributed by atoms with Crippen LogP contribution in [-0.4, -0.2) is 46.8 Å². The lowest BCUT2D eigenvalue weighted by atomic mass is 10.0. The number of rotatable bonds is 3. The van der Waals surface area contributed by atoms with Gasteiger partial charge in [0, 0.05) is 37.4 Å². The van der Waals surface area contributed by atoms with Gasteiger partial charge in [-0.15, -0.1) is 12.4 Å². The molecule has 2 fully saturated rings. The highest BCUT2D eigenvalue weighted by Gasteiger charge is 2.38. The van der Waals surface area contributed by atoms with E-state index < -0.39 is 0 Å².